The van der Waals surface area contributed by atoms with Crippen molar-refractivity contribution in [1.82, 2.24) is 4.72 Å². The van der Waals surface area contributed by atoms with Gasteiger partial charge >= 0.3 is 12.4 Å². The van der Waals surface area contributed by atoms with E-state index in [9.17, 15) is 48.3 Å². The highest BCUT2D eigenvalue weighted by Gasteiger charge is 2.37. The molecular formula is C16H9F8NO4S. The minimum Gasteiger partial charge on any atom is -0.454 e. The number of sulfonamides is 1. The number of nitrogens with one attached hydrogen (secondary N) is 1. The number of alkyl halides is 6. The van der Waals surface area contributed by atoms with Crippen LogP contribution in [0.25, 0.3) is 0 Å². The molecule has 30 heavy (non-hydrogen) atoms. The second kappa shape index (κ2) is 7.74. The van der Waals surface area contributed by atoms with Crippen molar-refractivity contribution >= 4 is 15.9 Å². The van der Waals surface area contributed by atoms with E-state index in [1.165, 1.54) is 4.72 Å². The van der Waals surface area contributed by atoms with E-state index in [1.54, 1.807) is 0 Å². The zero-order valence-corrected chi connectivity index (χ0v) is 15.3. The summed E-state index contributed by atoms with van der Waals surface area (Å²) >= 11 is 0. The highest BCUT2D eigenvalue weighted by Crippen LogP contribution is 2.39. The van der Waals surface area contributed by atoms with Crippen LogP contribution in [0.15, 0.2) is 30.3 Å². The van der Waals surface area contributed by atoms with E-state index in [0.29, 0.717) is 6.26 Å². The Hall–Kier alpha value is -2.90. The zero-order valence-electron chi connectivity index (χ0n) is 14.5. The molecule has 2 rings (SSSR count). The first-order valence-electron chi connectivity index (χ1n) is 7.46. The van der Waals surface area contributed by atoms with E-state index in [1.807, 2.05) is 0 Å². The van der Waals surface area contributed by atoms with Crippen molar-refractivity contribution in [2.45, 2.75) is 12.4 Å². The Balaban J connectivity index is 2.48. The summed E-state index contributed by atoms with van der Waals surface area (Å²) < 4.78 is 133. The minimum atomic E-state index is -5.20. The molecule has 0 radical (unpaired) electrons. The summed E-state index contributed by atoms with van der Waals surface area (Å²) in [6.45, 7) is 0. The fraction of sp³-hybridized carbons (Fsp3) is 0.188. The number of ether oxygens (including phenoxy) is 1. The van der Waals surface area contributed by atoms with Gasteiger partial charge in [-0.3, -0.25) is 4.79 Å². The monoisotopic (exact) mass is 463 g/mol. The smallest absolute Gasteiger partial charge is 0.416 e. The highest BCUT2D eigenvalue weighted by molar-refractivity contribution is 7.89. The molecule has 1 N–H and O–H groups in total. The molecular weight excluding hydrogens is 454 g/mol. The van der Waals surface area contributed by atoms with E-state index in [0.717, 1.165) is 0 Å². The predicted octanol–water partition coefficient (Wildman–Crippen LogP) is 4.48. The lowest BCUT2D eigenvalue weighted by Crippen LogP contribution is -2.30. The molecule has 0 saturated carbocycles. The normalized spacial score (nSPS) is 12.6. The molecule has 2 aromatic rings. The number of carbonyl (C=O) groups excluding carboxylic acids is 1. The molecule has 164 valence electrons. The standard InChI is InChI=1S/C16H9F8NO4S/c1-30(27,28)25-14(26)10-5-12(18)13(6-11(10)17)29-9-3-7(15(19,20)21)2-8(4-9)16(22,23)24/h2-6H,1H3,(H,25,26). The fourth-order valence-electron chi connectivity index (χ4n) is 2.12. The molecule has 5 nitrogen and oxygen atoms in total. The first-order valence-corrected chi connectivity index (χ1v) is 9.35. The van der Waals surface area contributed by atoms with Gasteiger partial charge in [-0.1, -0.05) is 0 Å². The third-order valence-corrected chi connectivity index (χ3v) is 3.89. The molecule has 0 aliphatic rings. The number of hydrogen-bond donors (Lipinski definition) is 1. The fourth-order valence-corrected chi connectivity index (χ4v) is 2.56. The Morgan fingerprint density at radius 1 is 0.867 bits per heavy atom. The summed E-state index contributed by atoms with van der Waals surface area (Å²) in [5.41, 5.74) is -4.60. The van der Waals surface area contributed by atoms with Gasteiger partial charge in [0.05, 0.1) is 22.9 Å². The number of rotatable bonds is 4. The van der Waals surface area contributed by atoms with Gasteiger partial charge in [0.1, 0.15) is 11.6 Å². The number of amides is 1. The number of carbonyl (C=O) groups is 1. The molecule has 0 atom stereocenters. The van der Waals surface area contributed by atoms with Crippen LogP contribution in [0.2, 0.25) is 0 Å². The molecule has 0 fully saturated rings. The Bertz CT molecular complexity index is 1060. The van der Waals surface area contributed by atoms with Gasteiger partial charge in [0, 0.05) is 6.07 Å². The van der Waals surface area contributed by atoms with Crippen LogP contribution in [0.1, 0.15) is 21.5 Å². The van der Waals surface area contributed by atoms with Crippen molar-refractivity contribution in [3.8, 4) is 11.5 Å². The first kappa shape index (κ1) is 23.4. The molecule has 0 heterocycles. The van der Waals surface area contributed by atoms with Gasteiger partial charge in [-0.25, -0.2) is 21.9 Å². The highest BCUT2D eigenvalue weighted by atomic mass is 32.2. The molecule has 0 saturated heterocycles. The van der Waals surface area contributed by atoms with Gasteiger partial charge in [-0.05, 0) is 24.3 Å². The molecule has 14 heteroatoms. The van der Waals surface area contributed by atoms with Crippen LogP contribution < -0.4 is 9.46 Å². The third kappa shape index (κ3) is 5.81. The summed E-state index contributed by atoms with van der Waals surface area (Å²) in [6.07, 6.45) is -9.84. The topological polar surface area (TPSA) is 72.5 Å². The van der Waals surface area contributed by atoms with Gasteiger partial charge in [0.25, 0.3) is 5.91 Å². The van der Waals surface area contributed by atoms with Crippen molar-refractivity contribution in [2.75, 3.05) is 6.26 Å². The maximum Gasteiger partial charge on any atom is 0.416 e. The predicted molar refractivity (Wildman–Crippen MR) is 85.2 cm³/mol. The van der Waals surface area contributed by atoms with Crippen LogP contribution in [0.5, 0.6) is 11.5 Å². The minimum absolute atomic E-state index is 0.136. The van der Waals surface area contributed by atoms with E-state index < -0.39 is 68.1 Å². The molecule has 0 aromatic heterocycles. The van der Waals surface area contributed by atoms with E-state index >= 15 is 0 Å². The molecule has 1 amide bonds. The Morgan fingerprint density at radius 2 is 1.37 bits per heavy atom. The largest absolute Gasteiger partial charge is 0.454 e. The van der Waals surface area contributed by atoms with Gasteiger partial charge in [-0.15, -0.1) is 0 Å². The van der Waals surface area contributed by atoms with Crippen LogP contribution in [-0.2, 0) is 22.4 Å². The molecule has 2 aromatic carbocycles. The average Bonchev–Trinajstić information content (AvgIpc) is 2.54. The summed E-state index contributed by atoms with van der Waals surface area (Å²) in [5.74, 6) is -6.91. The second-order valence-corrected chi connectivity index (χ2v) is 7.56. The van der Waals surface area contributed by atoms with Crippen LogP contribution in [-0.4, -0.2) is 20.6 Å². The van der Waals surface area contributed by atoms with Crippen LogP contribution >= 0.6 is 0 Å². The van der Waals surface area contributed by atoms with Crippen molar-refractivity contribution in [3.63, 3.8) is 0 Å². The van der Waals surface area contributed by atoms with E-state index in [2.05, 4.69) is 4.74 Å². The SMILES string of the molecule is CS(=O)(=O)NC(=O)c1cc(F)c(Oc2cc(C(F)(F)F)cc(C(F)(F)F)c2)cc1F. The van der Waals surface area contributed by atoms with Crippen LogP contribution in [0.3, 0.4) is 0 Å². The van der Waals surface area contributed by atoms with Crippen molar-refractivity contribution in [3.05, 3.63) is 58.7 Å². The summed E-state index contributed by atoms with van der Waals surface area (Å²) in [7, 11) is -4.13. The maximum atomic E-state index is 14.1. The Morgan fingerprint density at radius 3 is 1.80 bits per heavy atom. The Labute approximate surface area is 163 Å². The lowest BCUT2D eigenvalue weighted by Gasteiger charge is -2.15. The number of hydrogen-bond acceptors (Lipinski definition) is 4. The van der Waals surface area contributed by atoms with Gasteiger partial charge in [0.2, 0.25) is 10.0 Å². The lowest BCUT2D eigenvalue weighted by molar-refractivity contribution is -0.143. The molecule has 0 spiro atoms. The molecule has 0 aliphatic heterocycles. The Kier molecular flexibility index (Phi) is 6.03. The van der Waals surface area contributed by atoms with E-state index in [4.69, 9.17) is 0 Å². The van der Waals surface area contributed by atoms with Crippen LogP contribution in [0, 0.1) is 11.6 Å². The van der Waals surface area contributed by atoms with Crippen LogP contribution in [0.4, 0.5) is 35.1 Å². The second-order valence-electron chi connectivity index (χ2n) is 5.81. The molecule has 0 unspecified atom stereocenters. The summed E-state index contributed by atoms with van der Waals surface area (Å²) in [6, 6.07) is 0.416. The summed E-state index contributed by atoms with van der Waals surface area (Å²) in [5, 5.41) is 0. The van der Waals surface area contributed by atoms with Crippen molar-refractivity contribution in [1.29, 1.82) is 0 Å². The summed E-state index contributed by atoms with van der Waals surface area (Å²) in [4.78, 5) is 11.6. The lowest BCUT2D eigenvalue weighted by atomic mass is 10.1. The van der Waals surface area contributed by atoms with Gasteiger partial charge in [0.15, 0.2) is 11.6 Å². The van der Waals surface area contributed by atoms with Crippen molar-refractivity contribution in [2.24, 2.45) is 0 Å². The van der Waals surface area contributed by atoms with E-state index in [-0.39, 0.29) is 30.3 Å². The third-order valence-electron chi connectivity index (χ3n) is 3.33. The quantitative estimate of drug-likeness (QED) is 0.679. The van der Waals surface area contributed by atoms with Gasteiger partial charge in [-0.2, -0.15) is 26.3 Å². The molecule has 0 bridgehead atoms. The van der Waals surface area contributed by atoms with Crippen molar-refractivity contribution < 1.29 is 53.1 Å². The zero-order chi connectivity index (χ0) is 23.1. The van der Waals surface area contributed by atoms with Gasteiger partial charge < -0.3 is 4.74 Å². The first-order chi connectivity index (χ1) is 13.5. The molecule has 0 aliphatic carbocycles. The number of halogens is 8. The maximum absolute atomic E-state index is 14.1. The number of benzene rings is 2. The average molecular weight is 463 g/mol.